The highest BCUT2D eigenvalue weighted by Gasteiger charge is 2.24. The first-order valence-electron chi connectivity index (χ1n) is 8.39. The number of halogens is 4. The summed E-state index contributed by atoms with van der Waals surface area (Å²) in [7, 11) is 1.11. The molecule has 166 valence electrons. The second-order valence-electron chi connectivity index (χ2n) is 5.75. The minimum Gasteiger partial charge on any atom is -0.452 e. The average Bonchev–Trinajstić information content (AvgIpc) is 3.15. The second kappa shape index (κ2) is 10.1. The van der Waals surface area contributed by atoms with Gasteiger partial charge in [-0.05, 0) is 34.1 Å². The first-order chi connectivity index (χ1) is 15.2. The summed E-state index contributed by atoms with van der Waals surface area (Å²) in [5.41, 5.74) is 3.52. The van der Waals surface area contributed by atoms with E-state index in [2.05, 4.69) is 46.5 Å². The summed E-state index contributed by atoms with van der Waals surface area (Å²) in [5, 5.41) is 6.72. The van der Waals surface area contributed by atoms with Gasteiger partial charge in [0.2, 0.25) is 0 Å². The van der Waals surface area contributed by atoms with Gasteiger partial charge in [-0.15, -0.1) is 0 Å². The highest BCUT2D eigenvalue weighted by Crippen LogP contribution is 2.29. The summed E-state index contributed by atoms with van der Waals surface area (Å²) in [6, 6.07) is 5.84. The molecule has 0 radical (unpaired) electrons. The molecule has 0 aliphatic carbocycles. The third kappa shape index (κ3) is 5.27. The van der Waals surface area contributed by atoms with Crippen molar-refractivity contribution in [3.05, 3.63) is 61.7 Å². The van der Waals surface area contributed by atoms with E-state index in [1.54, 1.807) is 12.1 Å². The van der Waals surface area contributed by atoms with E-state index in [1.807, 2.05) is 5.43 Å². The fraction of sp³-hybridized carbons (Fsp3) is 0.0588. The summed E-state index contributed by atoms with van der Waals surface area (Å²) < 4.78 is 5.90. The molecule has 3 amide bonds. The number of amides is 3. The molecule has 0 spiro atoms. The molecule has 3 aromatic rings. The molecule has 15 heteroatoms. The molecule has 3 N–H and O–H groups in total. The lowest BCUT2D eigenvalue weighted by atomic mass is 10.2. The Bertz CT molecular complexity index is 1220. The maximum absolute atomic E-state index is 13.1. The van der Waals surface area contributed by atoms with Gasteiger partial charge < -0.3 is 10.1 Å². The molecule has 0 atom stereocenters. The Morgan fingerprint density at radius 2 is 1.84 bits per heavy atom. The highest BCUT2D eigenvalue weighted by atomic mass is 79.9. The Hall–Kier alpha value is -2.93. The van der Waals surface area contributed by atoms with E-state index >= 15 is 0 Å². The number of hydrogen-bond donors (Lipinski definition) is 3. The van der Waals surface area contributed by atoms with Crippen LogP contribution >= 0.6 is 50.7 Å². The zero-order chi connectivity index (χ0) is 23.4. The van der Waals surface area contributed by atoms with Crippen molar-refractivity contribution < 1.29 is 19.1 Å². The number of ether oxygens (including phenoxy) is 1. The third-order valence-corrected chi connectivity index (χ3v) is 4.88. The van der Waals surface area contributed by atoms with E-state index in [0.717, 1.165) is 7.11 Å². The van der Waals surface area contributed by atoms with E-state index in [4.69, 9.17) is 34.8 Å². The zero-order valence-electron chi connectivity index (χ0n) is 15.8. The van der Waals surface area contributed by atoms with E-state index in [9.17, 15) is 14.4 Å². The Morgan fingerprint density at radius 3 is 2.53 bits per heavy atom. The molecule has 0 aliphatic rings. The minimum absolute atomic E-state index is 0.0162. The number of hydrazine groups is 1. The van der Waals surface area contributed by atoms with Crippen molar-refractivity contribution in [1.82, 2.24) is 30.6 Å². The highest BCUT2D eigenvalue weighted by molar-refractivity contribution is 9.10. The Kier molecular flexibility index (Phi) is 7.51. The summed E-state index contributed by atoms with van der Waals surface area (Å²) in [4.78, 5) is 44.8. The number of methoxy groups -OCH3 is 1. The van der Waals surface area contributed by atoms with Crippen molar-refractivity contribution in [1.29, 1.82) is 0 Å². The van der Waals surface area contributed by atoms with Gasteiger partial charge >= 0.3 is 6.09 Å². The van der Waals surface area contributed by atoms with Crippen LogP contribution in [0.4, 0.5) is 10.5 Å². The maximum Gasteiger partial charge on any atom is 0.425 e. The maximum atomic E-state index is 13.1. The summed E-state index contributed by atoms with van der Waals surface area (Å²) in [6.45, 7) is 0. The van der Waals surface area contributed by atoms with Gasteiger partial charge in [-0.1, -0.05) is 34.8 Å². The summed E-state index contributed by atoms with van der Waals surface area (Å²) >= 11 is 21.5. The van der Waals surface area contributed by atoms with Crippen LogP contribution in [0.2, 0.25) is 15.2 Å². The lowest BCUT2D eigenvalue weighted by Crippen LogP contribution is -2.42. The Balaban J connectivity index is 1.96. The monoisotopic (exact) mass is 561 g/mol. The van der Waals surface area contributed by atoms with Gasteiger partial charge in [0.1, 0.15) is 15.5 Å². The molecule has 0 unspecified atom stereocenters. The number of nitrogens with zero attached hydrogens (tertiary/aromatic N) is 4. The molecule has 3 rings (SSSR count). The third-order valence-electron chi connectivity index (χ3n) is 3.71. The van der Waals surface area contributed by atoms with Crippen molar-refractivity contribution in [3.63, 3.8) is 0 Å². The standard InChI is InChI=1S/C17H11BrCl3N7O4/c1-32-17(31)26-25-16(30)13-12(8(20)5-11(21)23-13)24-15(29)9-6-10(18)27-28(9)14-7(19)3-2-4-22-14/h2-6H,1H3,(H,24,29)(H,25,30)(H,26,31). The number of hydrogen-bond acceptors (Lipinski definition) is 7. The number of aromatic nitrogens is 4. The minimum atomic E-state index is -0.932. The van der Waals surface area contributed by atoms with Gasteiger partial charge in [0.15, 0.2) is 11.5 Å². The fourth-order valence-electron chi connectivity index (χ4n) is 2.37. The van der Waals surface area contributed by atoms with E-state index in [1.165, 1.54) is 23.0 Å². The number of anilines is 1. The van der Waals surface area contributed by atoms with Crippen molar-refractivity contribution in [2.24, 2.45) is 0 Å². The van der Waals surface area contributed by atoms with Gasteiger partial charge in [0, 0.05) is 12.3 Å². The predicted octanol–water partition coefficient (Wildman–Crippen LogP) is 3.64. The van der Waals surface area contributed by atoms with Crippen LogP contribution in [0.25, 0.3) is 5.82 Å². The van der Waals surface area contributed by atoms with Crippen LogP contribution in [0.3, 0.4) is 0 Å². The molecule has 0 fully saturated rings. The van der Waals surface area contributed by atoms with Crippen LogP contribution in [0.5, 0.6) is 0 Å². The molecule has 3 heterocycles. The van der Waals surface area contributed by atoms with E-state index in [-0.39, 0.29) is 38.1 Å². The molecule has 0 saturated carbocycles. The quantitative estimate of drug-likeness (QED) is 0.325. The Labute approximate surface area is 203 Å². The van der Waals surface area contributed by atoms with Gasteiger partial charge in [0.05, 0.1) is 22.8 Å². The Morgan fingerprint density at radius 1 is 1.09 bits per heavy atom. The predicted molar refractivity (Wildman–Crippen MR) is 119 cm³/mol. The molecule has 0 aromatic carbocycles. The number of carbonyl (C=O) groups is 3. The SMILES string of the molecule is COC(=O)NNC(=O)c1nc(Cl)cc(Cl)c1NC(=O)c1cc(Br)nn1-c1ncccc1Cl. The van der Waals surface area contributed by atoms with Gasteiger partial charge in [0.25, 0.3) is 11.8 Å². The number of rotatable bonds is 4. The molecule has 32 heavy (non-hydrogen) atoms. The van der Waals surface area contributed by atoms with Crippen LogP contribution in [-0.4, -0.2) is 44.8 Å². The molecule has 0 aliphatic heterocycles. The number of pyridine rings is 2. The smallest absolute Gasteiger partial charge is 0.425 e. The van der Waals surface area contributed by atoms with Crippen LogP contribution in [0.15, 0.2) is 35.1 Å². The molecule has 11 nitrogen and oxygen atoms in total. The largest absolute Gasteiger partial charge is 0.452 e. The van der Waals surface area contributed by atoms with Gasteiger partial charge in [-0.25, -0.2) is 24.9 Å². The van der Waals surface area contributed by atoms with Gasteiger partial charge in [-0.3, -0.25) is 15.0 Å². The van der Waals surface area contributed by atoms with Gasteiger partial charge in [-0.2, -0.15) is 5.10 Å². The van der Waals surface area contributed by atoms with Crippen molar-refractivity contribution in [3.8, 4) is 5.82 Å². The molecule has 0 saturated heterocycles. The zero-order valence-corrected chi connectivity index (χ0v) is 19.7. The lowest BCUT2D eigenvalue weighted by Gasteiger charge is -2.13. The average molecular weight is 564 g/mol. The van der Waals surface area contributed by atoms with E-state index < -0.39 is 17.9 Å². The number of carbonyl (C=O) groups excluding carboxylic acids is 3. The molecule has 0 bridgehead atoms. The lowest BCUT2D eigenvalue weighted by molar-refractivity contribution is 0.0916. The summed E-state index contributed by atoms with van der Waals surface area (Å²) in [6.07, 6.45) is 0.549. The first-order valence-corrected chi connectivity index (χ1v) is 10.3. The number of nitrogens with one attached hydrogen (secondary N) is 3. The first kappa shape index (κ1) is 23.7. The summed E-state index contributed by atoms with van der Waals surface area (Å²) in [5.74, 6) is -1.44. The van der Waals surface area contributed by atoms with Crippen molar-refractivity contribution >= 4 is 74.3 Å². The topological polar surface area (TPSA) is 140 Å². The van der Waals surface area contributed by atoms with Crippen LogP contribution in [-0.2, 0) is 4.74 Å². The normalized spacial score (nSPS) is 10.4. The van der Waals surface area contributed by atoms with E-state index in [0.29, 0.717) is 4.60 Å². The second-order valence-corrected chi connectivity index (χ2v) is 7.76. The molecular weight excluding hydrogens is 552 g/mol. The van der Waals surface area contributed by atoms with Crippen LogP contribution in [0.1, 0.15) is 21.0 Å². The van der Waals surface area contributed by atoms with Crippen LogP contribution in [0, 0.1) is 0 Å². The molecular formula is C17H11BrCl3N7O4. The van der Waals surface area contributed by atoms with Crippen molar-refractivity contribution in [2.45, 2.75) is 0 Å². The van der Waals surface area contributed by atoms with Crippen LogP contribution < -0.4 is 16.2 Å². The fourth-order valence-corrected chi connectivity index (χ4v) is 3.44. The van der Waals surface area contributed by atoms with Crippen molar-refractivity contribution in [2.75, 3.05) is 12.4 Å². The molecule has 3 aromatic heterocycles.